The van der Waals surface area contributed by atoms with Crippen molar-refractivity contribution in [3.63, 3.8) is 0 Å². The molecule has 5 nitrogen and oxygen atoms in total. The fourth-order valence-corrected chi connectivity index (χ4v) is 2.20. The Morgan fingerprint density at radius 1 is 1.00 bits per heavy atom. The van der Waals surface area contributed by atoms with Gasteiger partial charge in [-0.3, -0.25) is 9.59 Å². The molecule has 23 heavy (non-hydrogen) atoms. The average Bonchev–Trinajstić information content (AvgIpc) is 2.54. The molecule has 0 bridgehead atoms. The molecule has 1 amide bonds. The smallest absolute Gasteiger partial charge is 0.228 e. The molecule has 5 heteroatoms. The molecule has 2 rings (SSSR count). The number of anilines is 1. The van der Waals surface area contributed by atoms with Crippen LogP contribution in [0.4, 0.5) is 5.69 Å². The molecule has 0 aliphatic heterocycles. The van der Waals surface area contributed by atoms with Crippen LogP contribution in [0.25, 0.3) is 0 Å². The molecule has 0 unspecified atom stereocenters. The first kappa shape index (κ1) is 16.5. The molecule has 2 aromatic rings. The third-order valence-corrected chi connectivity index (χ3v) is 3.37. The maximum atomic E-state index is 12.1. The summed E-state index contributed by atoms with van der Waals surface area (Å²) < 4.78 is 10.4. The van der Waals surface area contributed by atoms with Crippen LogP contribution in [-0.2, 0) is 11.2 Å². The first-order chi connectivity index (χ1) is 11.0. The summed E-state index contributed by atoms with van der Waals surface area (Å²) in [6.45, 7) is 1.49. The van der Waals surface area contributed by atoms with Crippen molar-refractivity contribution < 1.29 is 19.1 Å². The van der Waals surface area contributed by atoms with Crippen LogP contribution < -0.4 is 14.8 Å². The van der Waals surface area contributed by atoms with Crippen molar-refractivity contribution in [2.75, 3.05) is 19.5 Å². The largest absolute Gasteiger partial charge is 0.493 e. The zero-order valence-electron chi connectivity index (χ0n) is 13.4. The molecule has 0 radical (unpaired) electrons. The number of benzene rings is 2. The Bertz CT molecular complexity index is 725. The lowest BCUT2D eigenvalue weighted by molar-refractivity contribution is -0.115. The molecule has 0 spiro atoms. The number of methoxy groups -OCH3 is 2. The second-order valence-electron chi connectivity index (χ2n) is 5.05. The Labute approximate surface area is 135 Å². The number of rotatable bonds is 6. The first-order valence-corrected chi connectivity index (χ1v) is 7.15. The molecule has 0 aliphatic rings. The van der Waals surface area contributed by atoms with E-state index in [1.165, 1.54) is 6.92 Å². The Morgan fingerprint density at radius 3 is 2.39 bits per heavy atom. The van der Waals surface area contributed by atoms with Crippen LogP contribution in [0.1, 0.15) is 22.8 Å². The zero-order valence-corrected chi connectivity index (χ0v) is 13.4. The number of Topliss-reactive ketones (excluding diaryl/α,β-unsaturated/α-hetero) is 1. The number of hydrogen-bond acceptors (Lipinski definition) is 4. The van der Waals surface area contributed by atoms with Gasteiger partial charge in [-0.1, -0.05) is 18.2 Å². The molecule has 1 N–H and O–H groups in total. The Morgan fingerprint density at radius 2 is 1.74 bits per heavy atom. The fraction of sp³-hybridized carbons (Fsp3) is 0.222. The van der Waals surface area contributed by atoms with Gasteiger partial charge in [0.15, 0.2) is 17.3 Å². The van der Waals surface area contributed by atoms with Gasteiger partial charge >= 0.3 is 0 Å². The maximum absolute atomic E-state index is 12.1. The van der Waals surface area contributed by atoms with Crippen LogP contribution in [0.5, 0.6) is 11.5 Å². The minimum absolute atomic E-state index is 0.0408. The molecular formula is C18H19NO4. The van der Waals surface area contributed by atoms with Crippen molar-refractivity contribution in [3.05, 3.63) is 53.6 Å². The summed E-state index contributed by atoms with van der Waals surface area (Å²) in [4.78, 5) is 23.5. The summed E-state index contributed by atoms with van der Waals surface area (Å²) in [7, 11) is 3.11. The van der Waals surface area contributed by atoms with E-state index in [0.29, 0.717) is 22.7 Å². The van der Waals surface area contributed by atoms with Gasteiger partial charge < -0.3 is 14.8 Å². The predicted octanol–water partition coefficient (Wildman–Crippen LogP) is 3.09. The lowest BCUT2D eigenvalue weighted by Gasteiger charge is -2.10. The second-order valence-corrected chi connectivity index (χ2v) is 5.05. The van der Waals surface area contributed by atoms with Gasteiger partial charge in [-0.25, -0.2) is 0 Å². The number of carbonyl (C=O) groups excluding carboxylic acids is 2. The highest BCUT2D eigenvalue weighted by Crippen LogP contribution is 2.27. The summed E-state index contributed by atoms with van der Waals surface area (Å²) in [5, 5.41) is 2.79. The van der Waals surface area contributed by atoms with E-state index in [4.69, 9.17) is 9.47 Å². The van der Waals surface area contributed by atoms with Crippen molar-refractivity contribution in [1.82, 2.24) is 0 Å². The predicted molar refractivity (Wildman–Crippen MR) is 88.3 cm³/mol. The third kappa shape index (κ3) is 4.32. The summed E-state index contributed by atoms with van der Waals surface area (Å²) in [5.41, 5.74) is 1.97. The highest BCUT2D eigenvalue weighted by atomic mass is 16.5. The van der Waals surface area contributed by atoms with Crippen molar-refractivity contribution in [2.24, 2.45) is 0 Å². The SMILES string of the molecule is COc1ccc(CC(=O)Nc2cccc(C(C)=O)c2)cc1OC. The minimum atomic E-state index is -0.169. The van der Waals surface area contributed by atoms with E-state index in [-0.39, 0.29) is 18.1 Å². The van der Waals surface area contributed by atoms with Crippen LogP contribution in [0, 0.1) is 0 Å². The monoisotopic (exact) mass is 313 g/mol. The highest BCUT2D eigenvalue weighted by Gasteiger charge is 2.09. The molecule has 0 fully saturated rings. The second kappa shape index (κ2) is 7.45. The van der Waals surface area contributed by atoms with E-state index in [1.54, 1.807) is 50.6 Å². The van der Waals surface area contributed by atoms with Gasteiger partial charge in [-0.15, -0.1) is 0 Å². The van der Waals surface area contributed by atoms with Gasteiger partial charge in [0.25, 0.3) is 0 Å². The lowest BCUT2D eigenvalue weighted by atomic mass is 10.1. The highest BCUT2D eigenvalue weighted by molar-refractivity contribution is 5.97. The zero-order chi connectivity index (χ0) is 16.8. The van der Waals surface area contributed by atoms with E-state index in [0.717, 1.165) is 5.56 Å². The number of hydrogen-bond donors (Lipinski definition) is 1. The molecule has 0 heterocycles. The van der Waals surface area contributed by atoms with E-state index < -0.39 is 0 Å². The molecule has 2 aromatic carbocycles. The van der Waals surface area contributed by atoms with E-state index in [2.05, 4.69) is 5.32 Å². The van der Waals surface area contributed by atoms with Gasteiger partial charge in [0.2, 0.25) is 5.91 Å². The van der Waals surface area contributed by atoms with E-state index in [1.807, 2.05) is 6.07 Å². The van der Waals surface area contributed by atoms with Crippen LogP contribution in [0.15, 0.2) is 42.5 Å². The summed E-state index contributed by atoms with van der Waals surface area (Å²) >= 11 is 0. The third-order valence-electron chi connectivity index (χ3n) is 3.37. The molecule has 120 valence electrons. The van der Waals surface area contributed by atoms with Gasteiger partial charge in [-0.2, -0.15) is 0 Å². The van der Waals surface area contributed by atoms with E-state index >= 15 is 0 Å². The Hall–Kier alpha value is -2.82. The van der Waals surface area contributed by atoms with Gasteiger partial charge in [0.1, 0.15) is 0 Å². The van der Waals surface area contributed by atoms with Gasteiger partial charge in [0.05, 0.1) is 20.6 Å². The van der Waals surface area contributed by atoms with E-state index in [9.17, 15) is 9.59 Å². The normalized spacial score (nSPS) is 10.0. The topological polar surface area (TPSA) is 64.6 Å². The number of amides is 1. The maximum Gasteiger partial charge on any atom is 0.228 e. The summed E-state index contributed by atoms with van der Waals surface area (Å²) in [6, 6.07) is 12.2. The van der Waals surface area contributed by atoms with Crippen LogP contribution in [0.3, 0.4) is 0 Å². The quantitative estimate of drug-likeness (QED) is 0.832. The standard InChI is InChI=1S/C18H19NO4/c1-12(20)14-5-4-6-15(11-14)19-18(21)10-13-7-8-16(22-2)17(9-13)23-3/h4-9,11H,10H2,1-3H3,(H,19,21). The molecular weight excluding hydrogens is 294 g/mol. The Kier molecular flexibility index (Phi) is 5.36. The van der Waals surface area contributed by atoms with Crippen LogP contribution in [0.2, 0.25) is 0 Å². The molecule has 0 atom stereocenters. The molecule has 0 saturated carbocycles. The number of nitrogens with one attached hydrogen (secondary N) is 1. The van der Waals surface area contributed by atoms with Gasteiger partial charge in [-0.05, 0) is 36.8 Å². The first-order valence-electron chi connectivity index (χ1n) is 7.15. The lowest BCUT2D eigenvalue weighted by Crippen LogP contribution is -2.14. The number of ether oxygens (including phenoxy) is 2. The molecule has 0 aromatic heterocycles. The van der Waals surface area contributed by atoms with Crippen LogP contribution in [-0.4, -0.2) is 25.9 Å². The van der Waals surface area contributed by atoms with Gasteiger partial charge in [0, 0.05) is 11.3 Å². The fourth-order valence-electron chi connectivity index (χ4n) is 2.20. The minimum Gasteiger partial charge on any atom is -0.493 e. The molecule has 0 saturated heterocycles. The number of carbonyl (C=O) groups is 2. The van der Waals surface area contributed by atoms with Crippen molar-refractivity contribution in [1.29, 1.82) is 0 Å². The van der Waals surface area contributed by atoms with Crippen LogP contribution >= 0.6 is 0 Å². The summed E-state index contributed by atoms with van der Waals surface area (Å²) in [5.74, 6) is 0.987. The van der Waals surface area contributed by atoms with Crippen molar-refractivity contribution >= 4 is 17.4 Å². The van der Waals surface area contributed by atoms with Crippen molar-refractivity contribution in [3.8, 4) is 11.5 Å². The Balaban J connectivity index is 2.08. The van der Waals surface area contributed by atoms with Crippen molar-refractivity contribution in [2.45, 2.75) is 13.3 Å². The average molecular weight is 313 g/mol. The number of ketones is 1. The molecule has 0 aliphatic carbocycles. The summed E-state index contributed by atoms with van der Waals surface area (Å²) in [6.07, 6.45) is 0.199.